The number of rotatable bonds is 1. The molecule has 5 nitrogen and oxygen atoms in total. The van der Waals surface area contributed by atoms with Crippen molar-refractivity contribution in [3.05, 3.63) is 35.8 Å². The van der Waals surface area contributed by atoms with Gasteiger partial charge >= 0.3 is 6.18 Å². The Morgan fingerprint density at radius 2 is 1.60 bits per heavy atom. The number of aromatic nitrogens is 5. The number of aryl methyl sites for hydroxylation is 2. The fraction of sp³-hybridized carbons (Fsp3) is 0.412. The summed E-state index contributed by atoms with van der Waals surface area (Å²) >= 11 is 0. The molecule has 0 saturated carbocycles. The average molecular weight is 353 g/mol. The quantitative estimate of drug-likeness (QED) is 0.630. The van der Waals surface area contributed by atoms with Crippen molar-refractivity contribution >= 4 is 11.3 Å². The summed E-state index contributed by atoms with van der Waals surface area (Å²) < 4.78 is 39.8. The summed E-state index contributed by atoms with van der Waals surface area (Å²) in [7, 11) is 1.67. The smallest absolute Gasteiger partial charge is 0.309 e. The van der Waals surface area contributed by atoms with Gasteiger partial charge in [-0.3, -0.25) is 0 Å². The van der Waals surface area contributed by atoms with Gasteiger partial charge in [0.25, 0.3) is 0 Å². The zero-order valence-corrected chi connectivity index (χ0v) is 15.2. The van der Waals surface area contributed by atoms with Crippen molar-refractivity contribution in [2.24, 2.45) is 7.05 Å². The Balaban J connectivity index is 0.000000730. The highest BCUT2D eigenvalue weighted by atomic mass is 19.4. The molecule has 25 heavy (non-hydrogen) atoms. The molecule has 0 spiro atoms. The van der Waals surface area contributed by atoms with Gasteiger partial charge in [-0.2, -0.15) is 13.2 Å². The maximum Gasteiger partial charge on any atom is 0.433 e. The number of imidazole rings is 1. The predicted molar refractivity (Wildman–Crippen MR) is 92.0 cm³/mol. The number of alkyl halides is 3. The molecule has 3 heterocycles. The van der Waals surface area contributed by atoms with Crippen LogP contribution in [0.3, 0.4) is 0 Å². The van der Waals surface area contributed by atoms with Crippen LogP contribution in [0.4, 0.5) is 13.2 Å². The Morgan fingerprint density at radius 3 is 2.20 bits per heavy atom. The number of nitrogens with zero attached hydrogens (tertiary/aromatic N) is 5. The second kappa shape index (κ2) is 8.55. The van der Waals surface area contributed by atoms with Gasteiger partial charge in [-0.1, -0.05) is 33.8 Å². The first kappa shape index (κ1) is 20.5. The first-order chi connectivity index (χ1) is 11.9. The van der Waals surface area contributed by atoms with Crippen LogP contribution in [0, 0.1) is 6.92 Å². The Kier molecular flexibility index (Phi) is 7.02. The fourth-order valence-corrected chi connectivity index (χ4v) is 1.98. The molecule has 0 radical (unpaired) electrons. The van der Waals surface area contributed by atoms with E-state index in [0.29, 0.717) is 22.8 Å². The van der Waals surface area contributed by atoms with Crippen molar-refractivity contribution in [1.82, 2.24) is 24.5 Å². The summed E-state index contributed by atoms with van der Waals surface area (Å²) in [4.78, 5) is 16.2. The van der Waals surface area contributed by atoms with Crippen LogP contribution in [0.1, 0.15) is 39.1 Å². The largest absolute Gasteiger partial charge is 0.433 e. The molecule has 0 unspecified atom stereocenters. The molecule has 3 aromatic rings. The lowest BCUT2D eigenvalue weighted by atomic mass is 10.3. The lowest BCUT2D eigenvalue weighted by molar-refractivity contribution is -0.141. The number of hydrogen-bond donors (Lipinski definition) is 0. The van der Waals surface area contributed by atoms with Gasteiger partial charge in [0, 0.05) is 7.05 Å². The minimum Gasteiger partial charge on any atom is -0.309 e. The number of fused-ring (bicyclic) bond motifs is 1. The van der Waals surface area contributed by atoms with Crippen molar-refractivity contribution in [2.45, 2.75) is 40.8 Å². The van der Waals surface area contributed by atoms with Crippen LogP contribution >= 0.6 is 0 Å². The van der Waals surface area contributed by atoms with E-state index in [1.165, 1.54) is 12.1 Å². The van der Waals surface area contributed by atoms with E-state index in [9.17, 15) is 13.2 Å². The maximum atomic E-state index is 12.7. The van der Waals surface area contributed by atoms with Crippen LogP contribution in [0.5, 0.6) is 0 Å². The van der Waals surface area contributed by atoms with Crippen LogP contribution in [-0.2, 0) is 13.2 Å². The van der Waals surface area contributed by atoms with E-state index in [4.69, 9.17) is 0 Å². The molecule has 0 fully saturated rings. The normalized spacial score (nSPS) is 10.6. The molecule has 0 aromatic carbocycles. The van der Waals surface area contributed by atoms with Gasteiger partial charge in [-0.15, -0.1) is 0 Å². The van der Waals surface area contributed by atoms with Crippen molar-refractivity contribution in [3.63, 3.8) is 0 Å². The summed E-state index contributed by atoms with van der Waals surface area (Å²) in [5, 5.41) is 0. The Hall–Kier alpha value is -2.51. The van der Waals surface area contributed by atoms with Gasteiger partial charge < -0.3 is 4.57 Å². The topological polar surface area (TPSA) is 56.5 Å². The minimum atomic E-state index is -4.49. The summed E-state index contributed by atoms with van der Waals surface area (Å²) in [6, 6.07) is 3.70. The molecule has 0 atom stereocenters. The Morgan fingerprint density at radius 1 is 0.960 bits per heavy atom. The van der Waals surface area contributed by atoms with Gasteiger partial charge in [0.1, 0.15) is 11.4 Å². The van der Waals surface area contributed by atoms with Gasteiger partial charge in [0.05, 0.1) is 11.9 Å². The molecule has 3 aromatic heterocycles. The van der Waals surface area contributed by atoms with Gasteiger partial charge in [0.2, 0.25) is 0 Å². The molecule has 0 aliphatic rings. The third kappa shape index (κ3) is 4.52. The second-order valence-corrected chi connectivity index (χ2v) is 4.56. The van der Waals surface area contributed by atoms with Crippen LogP contribution in [0.2, 0.25) is 0 Å². The second-order valence-electron chi connectivity index (χ2n) is 4.56. The highest BCUT2D eigenvalue weighted by molar-refractivity contribution is 5.72. The summed E-state index contributed by atoms with van der Waals surface area (Å²) in [5.74, 6) is 0.293. The monoisotopic (exact) mass is 353 g/mol. The molecule has 0 aliphatic heterocycles. The lowest BCUT2D eigenvalue weighted by Crippen LogP contribution is -2.08. The van der Waals surface area contributed by atoms with E-state index in [-0.39, 0.29) is 5.69 Å². The summed E-state index contributed by atoms with van der Waals surface area (Å²) in [5.41, 5.74) is 0.754. The molecule has 0 amide bonds. The van der Waals surface area contributed by atoms with Crippen LogP contribution < -0.4 is 0 Å². The van der Waals surface area contributed by atoms with E-state index in [1.807, 2.05) is 27.7 Å². The van der Waals surface area contributed by atoms with Crippen LogP contribution in [0.25, 0.3) is 22.8 Å². The number of pyridine rings is 1. The molecule has 8 heteroatoms. The molecule has 0 N–H and O–H groups in total. The van der Waals surface area contributed by atoms with Crippen molar-refractivity contribution in [3.8, 4) is 11.5 Å². The third-order valence-electron chi connectivity index (χ3n) is 2.97. The highest BCUT2D eigenvalue weighted by Gasteiger charge is 2.32. The van der Waals surface area contributed by atoms with Gasteiger partial charge in [0.15, 0.2) is 17.1 Å². The summed E-state index contributed by atoms with van der Waals surface area (Å²) in [6.45, 7) is 9.78. The van der Waals surface area contributed by atoms with Crippen LogP contribution in [0.15, 0.2) is 24.4 Å². The Bertz CT molecular complexity index is 825. The average Bonchev–Trinajstić information content (AvgIpc) is 2.94. The summed E-state index contributed by atoms with van der Waals surface area (Å²) in [6.07, 6.45) is -2.94. The fourth-order valence-electron chi connectivity index (χ4n) is 1.98. The van der Waals surface area contributed by atoms with Crippen molar-refractivity contribution in [1.29, 1.82) is 0 Å². The first-order valence-corrected chi connectivity index (χ1v) is 8.07. The zero-order valence-electron chi connectivity index (χ0n) is 15.2. The van der Waals surface area contributed by atoms with E-state index in [0.717, 1.165) is 6.07 Å². The molecule has 3 rings (SSSR count). The molecule has 136 valence electrons. The lowest BCUT2D eigenvalue weighted by Gasteiger charge is -2.07. The van der Waals surface area contributed by atoms with Crippen LogP contribution in [-0.4, -0.2) is 24.5 Å². The molecule has 0 saturated heterocycles. The highest BCUT2D eigenvalue weighted by Crippen LogP contribution is 2.29. The van der Waals surface area contributed by atoms with E-state index in [2.05, 4.69) is 19.9 Å². The predicted octanol–water partition coefficient (Wildman–Crippen LogP) is 4.80. The van der Waals surface area contributed by atoms with Gasteiger partial charge in [-0.05, 0) is 19.1 Å². The molecule has 0 bridgehead atoms. The molecular formula is C17H22F3N5. The van der Waals surface area contributed by atoms with Gasteiger partial charge in [-0.25, -0.2) is 19.9 Å². The number of hydrogen-bond acceptors (Lipinski definition) is 4. The third-order valence-corrected chi connectivity index (χ3v) is 2.97. The van der Waals surface area contributed by atoms with E-state index < -0.39 is 11.9 Å². The zero-order chi connectivity index (χ0) is 19.2. The van der Waals surface area contributed by atoms with E-state index in [1.54, 1.807) is 24.7 Å². The Labute approximate surface area is 145 Å². The maximum absolute atomic E-state index is 12.7. The minimum absolute atomic E-state index is 0.129. The van der Waals surface area contributed by atoms with Crippen molar-refractivity contribution in [2.75, 3.05) is 0 Å². The first-order valence-electron chi connectivity index (χ1n) is 8.07. The molecular weight excluding hydrogens is 331 g/mol. The molecule has 0 aliphatic carbocycles. The SMILES string of the molecule is CC.CC.Cc1cnc2nc(-c3cccc(C(F)(F)F)n3)n(C)c2n1. The van der Waals surface area contributed by atoms with E-state index >= 15 is 0 Å². The standard InChI is InChI=1S/C13H10F3N5.2C2H6/c1-7-6-17-10-12(18-7)21(2)11(20-10)8-4-3-5-9(19-8)13(14,15)16;2*1-2/h3-6H,1-2H3;2*1-2H3. The van der Waals surface area contributed by atoms with Crippen molar-refractivity contribution < 1.29 is 13.2 Å². The number of halogens is 3.